The van der Waals surface area contributed by atoms with Gasteiger partial charge in [0.05, 0.1) is 3.04 Å². The summed E-state index contributed by atoms with van der Waals surface area (Å²) in [5.41, 5.74) is 0. The lowest BCUT2D eigenvalue weighted by Gasteiger charge is -1.86. The van der Waals surface area contributed by atoms with E-state index in [-0.39, 0.29) is 0 Å². The van der Waals surface area contributed by atoms with Gasteiger partial charge in [-0.3, -0.25) is 0 Å². The van der Waals surface area contributed by atoms with Crippen molar-refractivity contribution in [3.8, 4) is 6.19 Å². The van der Waals surface area contributed by atoms with Crippen LogP contribution in [0.15, 0.2) is 0 Å². The monoisotopic (exact) mass is 145 g/mol. The van der Waals surface area contributed by atoms with E-state index in [1.54, 1.807) is 0 Å². The molecule has 0 saturated carbocycles. The van der Waals surface area contributed by atoms with Crippen LogP contribution in [0.5, 0.6) is 0 Å². The van der Waals surface area contributed by atoms with E-state index in [2.05, 4.69) is 0 Å². The van der Waals surface area contributed by atoms with Gasteiger partial charge in [-0.05, 0) is 0 Å². The molecular formula is CCl3N2+. The molecule has 0 aromatic heterocycles. The first-order valence-electron chi connectivity index (χ1n) is 0.954. The second-order valence-corrected chi connectivity index (χ2v) is 2.59. The Kier molecular flexibility index (Phi) is 1.95. The molecule has 0 heterocycles. The highest BCUT2D eigenvalue weighted by molar-refractivity contribution is 6.38. The van der Waals surface area contributed by atoms with E-state index in [0.717, 1.165) is 0 Å². The molecule has 0 aliphatic heterocycles. The topological polar surface area (TPSA) is 23.8 Å². The summed E-state index contributed by atoms with van der Waals surface area (Å²) < 4.78 is -1.21. The number of hydrogen-bond donors (Lipinski definition) is 0. The number of nitriles is 1. The second-order valence-electron chi connectivity index (χ2n) is 0.545. The lowest BCUT2D eigenvalue weighted by molar-refractivity contribution is -0.454. The fraction of sp³-hybridized carbons (Fsp3) is 0. The number of halogens is 3. The molecule has 0 aliphatic rings. The Labute approximate surface area is 50.3 Å². The summed E-state index contributed by atoms with van der Waals surface area (Å²) >= 11 is 14.5. The largest absolute Gasteiger partial charge is 0.369 e. The van der Waals surface area contributed by atoms with Crippen LogP contribution in [0.3, 0.4) is 0 Å². The van der Waals surface area contributed by atoms with E-state index in [0.29, 0.717) is 0 Å². The summed E-state index contributed by atoms with van der Waals surface area (Å²) in [7, 11) is 0. The zero-order valence-electron chi connectivity index (χ0n) is 2.53. The van der Waals surface area contributed by atoms with E-state index >= 15 is 0 Å². The zero-order valence-corrected chi connectivity index (χ0v) is 4.80. The molecule has 0 aliphatic carbocycles. The minimum atomic E-state index is -1.21. The molecule has 0 atom stereocenters. The fourth-order valence-corrected chi connectivity index (χ4v) is 0. The molecule has 34 valence electrons. The highest BCUT2D eigenvalue weighted by Gasteiger charge is 2.20. The Morgan fingerprint density at radius 1 is 1.33 bits per heavy atom. The summed E-state index contributed by atoms with van der Waals surface area (Å²) in [6.07, 6.45) is 1.34. The van der Waals surface area contributed by atoms with Gasteiger partial charge in [0.2, 0.25) is 35.3 Å². The van der Waals surface area contributed by atoms with Crippen molar-refractivity contribution in [2.75, 3.05) is 0 Å². The smallest absolute Gasteiger partial charge is 0.124 e. The van der Waals surface area contributed by atoms with E-state index in [1.165, 1.54) is 6.19 Å². The quantitative estimate of drug-likeness (QED) is 0.377. The maximum Gasteiger partial charge on any atom is 0.369 e. The van der Waals surface area contributed by atoms with Gasteiger partial charge in [-0.2, -0.15) is 0 Å². The van der Waals surface area contributed by atoms with Gasteiger partial charge in [-0.15, -0.1) is 5.26 Å². The molecule has 0 spiro atoms. The molecule has 0 radical (unpaired) electrons. The highest BCUT2D eigenvalue weighted by Crippen LogP contribution is 2.18. The van der Waals surface area contributed by atoms with Crippen LogP contribution < -0.4 is 0 Å². The van der Waals surface area contributed by atoms with Gasteiger partial charge < -0.3 is 0 Å². The maximum atomic E-state index is 7.73. The van der Waals surface area contributed by atoms with E-state index in [9.17, 15) is 0 Å². The van der Waals surface area contributed by atoms with Gasteiger partial charge in [0.25, 0.3) is 0 Å². The summed E-state index contributed by atoms with van der Waals surface area (Å²) in [6.45, 7) is 0. The first-order valence-corrected chi connectivity index (χ1v) is 1.97. The second kappa shape index (κ2) is 1.85. The highest BCUT2D eigenvalue weighted by atomic mass is 35.6. The Morgan fingerprint density at radius 3 is 1.50 bits per heavy atom. The minimum absolute atomic E-state index is 1.21. The van der Waals surface area contributed by atoms with Crippen LogP contribution in [0, 0.1) is 11.5 Å². The van der Waals surface area contributed by atoms with Crippen molar-refractivity contribution in [1.82, 2.24) is 0 Å². The summed E-state index contributed by atoms with van der Waals surface area (Å²) in [5, 5.41) is 7.73. The standard InChI is InChI=1S/CCl3N2/c2-6(3,4)1-5/q+1. The maximum absolute atomic E-state index is 7.73. The molecule has 0 bridgehead atoms. The van der Waals surface area contributed by atoms with Crippen LogP contribution in [-0.2, 0) is 0 Å². The van der Waals surface area contributed by atoms with Crippen LogP contribution in [0.1, 0.15) is 0 Å². The lowest BCUT2D eigenvalue weighted by atomic mass is 11.5. The van der Waals surface area contributed by atoms with E-state index < -0.39 is 3.04 Å². The molecule has 0 amide bonds. The molecule has 0 unspecified atom stereocenters. The zero-order chi connectivity index (χ0) is 5.21. The van der Waals surface area contributed by atoms with Crippen LogP contribution in [0.2, 0.25) is 0 Å². The van der Waals surface area contributed by atoms with Crippen molar-refractivity contribution in [3.63, 3.8) is 0 Å². The minimum Gasteiger partial charge on any atom is -0.124 e. The molecule has 0 aromatic carbocycles. The van der Waals surface area contributed by atoms with Crippen molar-refractivity contribution in [2.45, 2.75) is 0 Å². The van der Waals surface area contributed by atoms with Crippen molar-refractivity contribution in [3.05, 3.63) is 0 Å². The molecule has 0 saturated heterocycles. The Morgan fingerprint density at radius 2 is 1.50 bits per heavy atom. The van der Waals surface area contributed by atoms with Gasteiger partial charge in [-0.1, -0.05) is 0 Å². The van der Waals surface area contributed by atoms with Gasteiger partial charge in [0.1, 0.15) is 0 Å². The molecule has 0 rings (SSSR count). The number of quaternary nitrogens is 1. The molecule has 0 N–H and O–H groups in total. The molecule has 0 aromatic rings. The van der Waals surface area contributed by atoms with E-state index in [1.807, 2.05) is 0 Å². The molecule has 5 heteroatoms. The molecule has 0 fully saturated rings. The van der Waals surface area contributed by atoms with Crippen molar-refractivity contribution >= 4 is 35.3 Å². The Bertz CT molecular complexity index is 75.8. The van der Waals surface area contributed by atoms with Gasteiger partial charge in [0, 0.05) is 0 Å². The Hall–Kier alpha value is 0.320. The Balaban J connectivity index is 3.55. The van der Waals surface area contributed by atoms with Crippen molar-refractivity contribution in [2.24, 2.45) is 0 Å². The summed E-state index contributed by atoms with van der Waals surface area (Å²) in [4.78, 5) is 0. The summed E-state index contributed by atoms with van der Waals surface area (Å²) in [6, 6.07) is 0. The van der Waals surface area contributed by atoms with Crippen LogP contribution >= 0.6 is 35.3 Å². The molecule has 6 heavy (non-hydrogen) atoms. The number of rotatable bonds is 0. The van der Waals surface area contributed by atoms with Gasteiger partial charge >= 0.3 is 6.19 Å². The van der Waals surface area contributed by atoms with Crippen LogP contribution in [0.25, 0.3) is 0 Å². The van der Waals surface area contributed by atoms with Crippen molar-refractivity contribution in [1.29, 1.82) is 5.26 Å². The fourth-order valence-electron chi connectivity index (χ4n) is 0. The average molecular weight is 146 g/mol. The third-order valence-electron chi connectivity index (χ3n) is 0.113. The number of hydrogen-bond acceptors (Lipinski definition) is 1. The van der Waals surface area contributed by atoms with Gasteiger partial charge in [-0.25, -0.2) is 0 Å². The third-order valence-corrected chi connectivity index (χ3v) is 0.340. The van der Waals surface area contributed by atoms with E-state index in [4.69, 9.17) is 40.6 Å². The predicted octanol–water partition coefficient (Wildman–Crippen LogP) is 1.75. The van der Waals surface area contributed by atoms with Gasteiger partial charge in [0.15, 0.2) is 0 Å². The first-order chi connectivity index (χ1) is 2.56. The SMILES string of the molecule is N#C[N+](Cl)(Cl)Cl. The van der Waals surface area contributed by atoms with Crippen LogP contribution in [0.4, 0.5) is 0 Å². The normalized spacial score (nSPS) is 10.3. The third kappa shape index (κ3) is 4.32. The predicted molar refractivity (Wildman–Crippen MR) is 23.4 cm³/mol. The first kappa shape index (κ1) is 6.32. The molecule has 2 nitrogen and oxygen atoms in total. The average Bonchev–Trinajstić information content (AvgIpc) is 1.35. The lowest BCUT2D eigenvalue weighted by Crippen LogP contribution is -2.00. The number of nitrogens with zero attached hydrogens (tertiary/aromatic N) is 2. The van der Waals surface area contributed by atoms with Crippen LogP contribution in [-0.4, -0.2) is 3.04 Å². The van der Waals surface area contributed by atoms with Crippen molar-refractivity contribution < 1.29 is 3.04 Å². The summed E-state index contributed by atoms with van der Waals surface area (Å²) in [5.74, 6) is 0. The molecular weight excluding hydrogens is 146 g/mol.